The minimum atomic E-state index is -0.768. The van der Waals surface area contributed by atoms with E-state index in [9.17, 15) is 33.6 Å². The first-order chi connectivity index (χ1) is 33.2. The molecule has 1 fully saturated rings. The summed E-state index contributed by atoms with van der Waals surface area (Å²) in [5.41, 5.74) is 6.70. The molecule has 1 aliphatic heterocycles. The maximum Gasteiger partial charge on any atom is 0.320 e. The monoisotopic (exact) mass is 1000 g/mol. The Morgan fingerprint density at radius 3 is 1.37 bits per heavy atom. The number of benzene rings is 1. The van der Waals surface area contributed by atoms with Gasteiger partial charge >= 0.3 is 23.9 Å². The largest absolute Gasteiger partial charge is 0.469 e. The molecule has 0 spiro atoms. The molecule has 4 N–H and O–H groups in total. The summed E-state index contributed by atoms with van der Waals surface area (Å²) in [6.07, 6.45) is 5.30. The van der Waals surface area contributed by atoms with Crippen LogP contribution in [0.3, 0.4) is 0 Å². The van der Waals surface area contributed by atoms with E-state index in [1.165, 1.54) is 18.2 Å². The average molecular weight is 1000 g/mol. The van der Waals surface area contributed by atoms with Gasteiger partial charge in [-0.1, -0.05) is 36.2 Å². The molecule has 0 aromatic heterocycles. The number of hydrogen-bond acceptors (Lipinski definition) is 16. The van der Waals surface area contributed by atoms with Crippen molar-refractivity contribution < 1.29 is 52.5 Å². The number of ketones is 1. The quantitative estimate of drug-likeness (QED) is 0.0673. The molecule has 0 saturated carbocycles. The molecule has 1 aromatic carbocycles. The predicted molar refractivity (Wildman–Crippen MR) is 274 cm³/mol. The maximum atomic E-state index is 13.4. The number of hydrogen-bond donors (Lipinski definition) is 3. The summed E-state index contributed by atoms with van der Waals surface area (Å²) in [5.74, 6) is -2.64. The zero-order valence-corrected chi connectivity index (χ0v) is 45.3. The Bertz CT molecular complexity index is 1760. The summed E-state index contributed by atoms with van der Waals surface area (Å²) in [5, 5.41) is 5.94. The number of aryl methyl sites for hydroxylation is 2. The van der Waals surface area contributed by atoms with Gasteiger partial charge in [-0.15, -0.1) is 0 Å². The molecule has 0 radical (unpaired) electrons. The highest BCUT2D eigenvalue weighted by molar-refractivity contribution is 5.88. The molecule has 18 heteroatoms. The second-order valence-electron chi connectivity index (χ2n) is 21.9. The number of rotatable bonds is 26. The van der Waals surface area contributed by atoms with Gasteiger partial charge in [0.05, 0.1) is 45.2 Å². The summed E-state index contributed by atoms with van der Waals surface area (Å²) >= 11 is 0. The molecule has 2 amide bonds. The normalized spacial score (nSPS) is 16.1. The van der Waals surface area contributed by atoms with Crippen molar-refractivity contribution in [3.05, 3.63) is 35.4 Å². The third-order valence-corrected chi connectivity index (χ3v) is 11.6. The van der Waals surface area contributed by atoms with Gasteiger partial charge in [0.15, 0.2) is 0 Å². The highest BCUT2D eigenvalue weighted by Crippen LogP contribution is 2.18. The lowest BCUT2D eigenvalue weighted by Gasteiger charge is -2.34. The van der Waals surface area contributed by atoms with E-state index in [4.69, 9.17) is 24.7 Å². The highest BCUT2D eigenvalue weighted by Gasteiger charge is 2.28. The molecule has 2 atom stereocenters. The molecule has 71 heavy (non-hydrogen) atoms. The Kier molecular flexibility index (Phi) is 28.1. The van der Waals surface area contributed by atoms with Crippen molar-refractivity contribution in [3.8, 4) is 0 Å². The van der Waals surface area contributed by atoms with Crippen molar-refractivity contribution >= 4 is 41.5 Å². The van der Waals surface area contributed by atoms with Crippen LogP contribution in [-0.2, 0) is 58.9 Å². The Hall–Kier alpha value is -4.49. The molecule has 404 valence electrons. The van der Waals surface area contributed by atoms with E-state index in [0.717, 1.165) is 12.8 Å². The van der Waals surface area contributed by atoms with Gasteiger partial charge in [-0.2, -0.15) is 0 Å². The molecule has 0 aliphatic carbocycles. The summed E-state index contributed by atoms with van der Waals surface area (Å²) in [7, 11) is 1.30. The molecule has 1 aliphatic rings. The molecule has 18 nitrogen and oxygen atoms in total. The number of nitrogens with two attached hydrogens (primary N) is 1. The van der Waals surface area contributed by atoms with Crippen LogP contribution in [0.1, 0.15) is 131 Å². The number of ether oxygens (including phenoxy) is 4. The first kappa shape index (κ1) is 62.6. The van der Waals surface area contributed by atoms with Crippen molar-refractivity contribution in [1.29, 1.82) is 0 Å². The number of nitrogens with zero attached hydrogens (tertiary/aromatic N) is 4. The number of amides is 2. The van der Waals surface area contributed by atoms with Gasteiger partial charge in [-0.05, 0) is 120 Å². The average Bonchev–Trinajstić information content (AvgIpc) is 3.24. The number of methoxy groups -OCH3 is 1. The SMILES string of the molecule is COC(=O)C(CCCCNC(=O)CCCc1ccc(C)cc1)CC(=O)C(N)CCCCNC(=O)CN1CCN(CC(=O)OC(C)(C)C)CCN(CC(=O)OC(C)(C)C)CCN(CC(=O)OC(C)(C)C)CC1. The smallest absolute Gasteiger partial charge is 0.320 e. The minimum Gasteiger partial charge on any atom is -0.469 e. The van der Waals surface area contributed by atoms with E-state index in [1.54, 1.807) is 0 Å². The topological polar surface area (TPSA) is 219 Å². The molecule has 1 heterocycles. The van der Waals surface area contributed by atoms with Gasteiger partial charge in [0.25, 0.3) is 0 Å². The van der Waals surface area contributed by atoms with E-state index in [0.29, 0.717) is 110 Å². The molecule has 0 bridgehead atoms. The Balaban J connectivity index is 1.95. The standard InChI is InChI=1S/C53H91N7O11/c1-40-21-23-41(24-22-40)17-16-20-45(62)55-25-14-12-18-42(50(67)68-11)35-44(61)43(54)19-13-15-26-56-46(63)36-57-27-29-58(37-47(64)69-51(2,3)4)31-33-60(39-49(66)71-53(8,9)10)34-32-59(30-28-57)38-48(65)70-52(5,6)7/h21-24,42-43H,12-20,25-39,54H2,1-11H3,(H,55,62)(H,56,63). The first-order valence-electron chi connectivity index (χ1n) is 25.7. The minimum absolute atomic E-state index is 0.00539. The van der Waals surface area contributed by atoms with Crippen LogP contribution < -0.4 is 16.4 Å². The number of carbonyl (C=O) groups excluding carboxylic acids is 7. The Morgan fingerprint density at radius 1 is 0.563 bits per heavy atom. The van der Waals surface area contributed by atoms with Gasteiger partial charge < -0.3 is 35.3 Å². The van der Waals surface area contributed by atoms with Crippen LogP contribution in [0.4, 0.5) is 0 Å². The first-order valence-corrected chi connectivity index (χ1v) is 25.7. The number of carbonyl (C=O) groups is 7. The van der Waals surface area contributed by atoms with Gasteiger partial charge in [0.2, 0.25) is 11.8 Å². The lowest BCUT2D eigenvalue weighted by Crippen LogP contribution is -2.50. The lowest BCUT2D eigenvalue weighted by molar-refractivity contribution is -0.158. The second kappa shape index (κ2) is 31.9. The highest BCUT2D eigenvalue weighted by atomic mass is 16.6. The number of esters is 4. The van der Waals surface area contributed by atoms with Crippen molar-refractivity contribution in [3.63, 3.8) is 0 Å². The van der Waals surface area contributed by atoms with Gasteiger partial charge in [-0.25, -0.2) is 0 Å². The summed E-state index contributed by atoms with van der Waals surface area (Å²) < 4.78 is 21.9. The maximum absolute atomic E-state index is 13.4. The van der Waals surface area contributed by atoms with Crippen LogP contribution in [0, 0.1) is 12.8 Å². The lowest BCUT2D eigenvalue weighted by atomic mass is 9.92. The number of unbranched alkanes of at least 4 members (excludes halogenated alkanes) is 2. The number of nitrogens with one attached hydrogen (secondary N) is 2. The van der Waals surface area contributed by atoms with Gasteiger partial charge in [-0.3, -0.25) is 53.2 Å². The third kappa shape index (κ3) is 30.9. The fraction of sp³-hybridized carbons (Fsp3) is 0.755. The summed E-state index contributed by atoms with van der Waals surface area (Å²) in [6, 6.07) is 7.54. The van der Waals surface area contributed by atoms with E-state index in [1.807, 2.05) is 88.8 Å². The van der Waals surface area contributed by atoms with Crippen molar-refractivity contribution in [2.45, 2.75) is 156 Å². The zero-order valence-electron chi connectivity index (χ0n) is 45.3. The Labute approximate surface area is 425 Å². The van der Waals surface area contributed by atoms with Crippen molar-refractivity contribution in [2.24, 2.45) is 11.7 Å². The fourth-order valence-corrected chi connectivity index (χ4v) is 7.92. The Morgan fingerprint density at radius 2 is 0.958 bits per heavy atom. The zero-order chi connectivity index (χ0) is 53.2. The van der Waals surface area contributed by atoms with Crippen LogP contribution in [0.2, 0.25) is 0 Å². The molecule has 2 unspecified atom stereocenters. The van der Waals surface area contributed by atoms with E-state index < -0.39 is 34.7 Å². The molecule has 1 aromatic rings. The number of Topliss-reactive ketones (excluding diaryl/α,β-unsaturated/α-hetero) is 1. The van der Waals surface area contributed by atoms with Crippen LogP contribution >= 0.6 is 0 Å². The molecular weight excluding hydrogens is 911 g/mol. The van der Waals surface area contributed by atoms with Crippen molar-refractivity contribution in [1.82, 2.24) is 30.2 Å². The van der Waals surface area contributed by atoms with Crippen LogP contribution in [-0.4, -0.2) is 183 Å². The predicted octanol–water partition coefficient (Wildman–Crippen LogP) is 4.21. The second-order valence-corrected chi connectivity index (χ2v) is 21.9. The molecule has 2 rings (SSSR count). The van der Waals surface area contributed by atoms with Crippen molar-refractivity contribution in [2.75, 3.05) is 98.7 Å². The summed E-state index contributed by atoms with van der Waals surface area (Å²) in [4.78, 5) is 98.5. The molecular formula is C53H91N7O11. The van der Waals surface area contributed by atoms with E-state index in [-0.39, 0.29) is 68.1 Å². The van der Waals surface area contributed by atoms with E-state index in [2.05, 4.69) is 34.9 Å². The van der Waals surface area contributed by atoms with Crippen LogP contribution in [0.25, 0.3) is 0 Å². The van der Waals surface area contributed by atoms with Crippen LogP contribution in [0.15, 0.2) is 24.3 Å². The van der Waals surface area contributed by atoms with Crippen LogP contribution in [0.5, 0.6) is 0 Å². The molecule has 1 saturated heterocycles. The summed E-state index contributed by atoms with van der Waals surface area (Å²) in [6.45, 7) is 22.8. The fourth-order valence-electron chi connectivity index (χ4n) is 7.92. The van der Waals surface area contributed by atoms with E-state index >= 15 is 0 Å². The third-order valence-electron chi connectivity index (χ3n) is 11.6. The van der Waals surface area contributed by atoms with Gasteiger partial charge in [0, 0.05) is 78.3 Å². The van der Waals surface area contributed by atoms with Gasteiger partial charge in [0.1, 0.15) is 22.6 Å².